The monoisotopic (exact) mass is 757 g/mol. The SMILES string of the molecule is CCN(C(=O)c1cn(-c2cc(OC)cc(OC)c2)c2cc(OCCCCCCC[N+](CC)(CC)CC)ccc2c1=O)c1cc(F)cc(F)c1.[Br-]. The minimum absolute atomic E-state index is 0. The van der Waals surface area contributed by atoms with Crippen molar-refractivity contribution in [3.05, 3.63) is 88.2 Å². The van der Waals surface area contributed by atoms with Gasteiger partial charge in [0.05, 0.1) is 58.2 Å². The van der Waals surface area contributed by atoms with Gasteiger partial charge in [-0.05, 0) is 71.2 Å². The van der Waals surface area contributed by atoms with Gasteiger partial charge in [-0.1, -0.05) is 12.8 Å². The summed E-state index contributed by atoms with van der Waals surface area (Å²) in [7, 11) is 3.07. The van der Waals surface area contributed by atoms with Crippen LogP contribution >= 0.6 is 0 Å². The first-order valence-corrected chi connectivity index (χ1v) is 17.3. The topological polar surface area (TPSA) is 70.0 Å². The Bertz CT molecular complexity index is 1740. The number of carbonyl (C=O) groups is 1. The molecule has 0 fully saturated rings. The maximum Gasteiger partial charge on any atom is 0.263 e. The molecule has 0 unspecified atom stereocenters. The summed E-state index contributed by atoms with van der Waals surface area (Å²) in [6.45, 7) is 13.9. The quantitative estimate of drug-likeness (QED) is 0.104. The number of ether oxygens (including phenoxy) is 3. The Balaban J connectivity index is 0.00000676. The van der Waals surface area contributed by atoms with Crippen molar-refractivity contribution in [2.24, 2.45) is 0 Å². The highest BCUT2D eigenvalue weighted by Crippen LogP contribution is 2.30. The van der Waals surface area contributed by atoms with E-state index in [1.165, 1.54) is 68.8 Å². The number of unbranched alkanes of at least 4 members (excludes halogenated alkanes) is 4. The van der Waals surface area contributed by atoms with Crippen LogP contribution in [0.5, 0.6) is 17.2 Å². The van der Waals surface area contributed by atoms with E-state index in [0.717, 1.165) is 37.5 Å². The van der Waals surface area contributed by atoms with Crippen molar-refractivity contribution < 1.29 is 49.3 Å². The smallest absolute Gasteiger partial charge is 0.263 e. The van der Waals surface area contributed by atoms with Gasteiger partial charge in [-0.2, -0.15) is 0 Å². The third-order valence-electron chi connectivity index (χ3n) is 9.60. The second-order valence-electron chi connectivity index (χ2n) is 12.3. The average molecular weight is 759 g/mol. The summed E-state index contributed by atoms with van der Waals surface area (Å²) in [6.07, 6.45) is 7.02. The van der Waals surface area contributed by atoms with Crippen molar-refractivity contribution in [3.8, 4) is 22.9 Å². The first-order valence-electron chi connectivity index (χ1n) is 17.3. The molecule has 0 bridgehead atoms. The Morgan fingerprint density at radius 2 is 1.38 bits per heavy atom. The molecule has 0 saturated carbocycles. The second kappa shape index (κ2) is 18.9. The highest BCUT2D eigenvalue weighted by Gasteiger charge is 2.24. The van der Waals surface area contributed by atoms with Crippen LogP contribution in [-0.4, -0.2) is 68.5 Å². The fourth-order valence-electron chi connectivity index (χ4n) is 6.39. The number of fused-ring (bicyclic) bond motifs is 1. The number of carbonyl (C=O) groups excluding carboxylic acids is 1. The zero-order valence-electron chi connectivity index (χ0n) is 30.1. The zero-order chi connectivity index (χ0) is 35.6. The molecule has 4 rings (SSSR count). The number of hydrogen-bond acceptors (Lipinski definition) is 5. The Morgan fingerprint density at radius 1 is 0.780 bits per heavy atom. The van der Waals surface area contributed by atoms with E-state index in [4.69, 9.17) is 14.2 Å². The minimum Gasteiger partial charge on any atom is -1.00 e. The number of benzene rings is 3. The van der Waals surface area contributed by atoms with Crippen LogP contribution in [0.2, 0.25) is 0 Å². The fourth-order valence-corrected chi connectivity index (χ4v) is 6.39. The first kappa shape index (κ1) is 40.5. The Kier molecular flexibility index (Phi) is 15.3. The van der Waals surface area contributed by atoms with Gasteiger partial charge in [0, 0.05) is 54.1 Å². The normalized spacial score (nSPS) is 11.3. The molecule has 8 nitrogen and oxygen atoms in total. The number of amides is 1. The van der Waals surface area contributed by atoms with Crippen LogP contribution in [0.3, 0.4) is 0 Å². The molecule has 0 saturated heterocycles. The van der Waals surface area contributed by atoms with Crippen molar-refractivity contribution in [3.63, 3.8) is 0 Å². The summed E-state index contributed by atoms with van der Waals surface area (Å²) in [5, 5.41) is 0.280. The number of quaternary nitrogens is 1. The molecular formula is C39H50BrF2N3O5. The van der Waals surface area contributed by atoms with Crippen molar-refractivity contribution >= 4 is 22.5 Å². The second-order valence-corrected chi connectivity index (χ2v) is 12.3. The lowest BCUT2D eigenvalue weighted by atomic mass is 10.1. The summed E-state index contributed by atoms with van der Waals surface area (Å²) in [6, 6.07) is 13.3. The summed E-state index contributed by atoms with van der Waals surface area (Å²) in [4.78, 5) is 29.0. The molecule has 0 N–H and O–H groups in total. The number of methoxy groups -OCH3 is 2. The molecular weight excluding hydrogens is 708 g/mol. The minimum atomic E-state index is -0.825. The van der Waals surface area contributed by atoms with E-state index in [9.17, 15) is 18.4 Å². The lowest BCUT2D eigenvalue weighted by Gasteiger charge is -2.35. The molecule has 0 aliphatic heterocycles. The van der Waals surface area contributed by atoms with E-state index in [0.29, 0.717) is 35.1 Å². The predicted octanol–water partition coefficient (Wildman–Crippen LogP) is 5.16. The molecule has 0 aliphatic carbocycles. The molecule has 0 aliphatic rings. The molecule has 0 radical (unpaired) electrons. The standard InChI is InChI=1S/C39H50F2N3O5.BrH/c1-7-42(30-21-28(40)20-29(41)22-30)39(46)36-27-43(31-23-33(47-5)25-34(24-31)48-6)37-26-32(16-17-35(37)38(36)45)49-19-15-13-11-12-14-18-44(8-2,9-3)10-4;/h16-17,20-27H,7-15,18-19H2,1-6H3;1H/q+1;/p-1. The molecule has 50 heavy (non-hydrogen) atoms. The lowest BCUT2D eigenvalue weighted by molar-refractivity contribution is -0.923. The summed E-state index contributed by atoms with van der Waals surface area (Å²) in [5.41, 5.74) is 0.424. The van der Waals surface area contributed by atoms with Gasteiger partial charge >= 0.3 is 0 Å². The third-order valence-corrected chi connectivity index (χ3v) is 9.60. The summed E-state index contributed by atoms with van der Waals surface area (Å²) in [5.74, 6) is -0.724. The van der Waals surface area contributed by atoms with Crippen molar-refractivity contribution in [1.82, 2.24) is 4.57 Å². The van der Waals surface area contributed by atoms with Crippen LogP contribution in [0.4, 0.5) is 14.5 Å². The molecule has 0 spiro atoms. The van der Waals surface area contributed by atoms with Gasteiger partial charge in [0.25, 0.3) is 5.91 Å². The van der Waals surface area contributed by atoms with Gasteiger partial charge in [-0.15, -0.1) is 0 Å². The van der Waals surface area contributed by atoms with Gasteiger partial charge < -0.3 is 45.1 Å². The van der Waals surface area contributed by atoms with Gasteiger partial charge in [0.2, 0.25) is 5.43 Å². The van der Waals surface area contributed by atoms with Crippen molar-refractivity contribution in [2.45, 2.75) is 59.8 Å². The molecule has 3 aromatic carbocycles. The Hall–Kier alpha value is -3.96. The van der Waals surface area contributed by atoms with Crippen LogP contribution in [0.25, 0.3) is 16.6 Å². The van der Waals surface area contributed by atoms with Gasteiger partial charge in [-0.3, -0.25) is 9.59 Å². The number of nitrogens with zero attached hydrogens (tertiary/aromatic N) is 3. The summed E-state index contributed by atoms with van der Waals surface area (Å²) >= 11 is 0. The van der Waals surface area contributed by atoms with Crippen LogP contribution in [0, 0.1) is 11.6 Å². The Morgan fingerprint density at radius 3 is 1.96 bits per heavy atom. The maximum atomic E-state index is 14.1. The summed E-state index contributed by atoms with van der Waals surface area (Å²) < 4.78 is 48.3. The van der Waals surface area contributed by atoms with E-state index < -0.39 is 23.0 Å². The molecule has 1 heterocycles. The molecule has 4 aromatic rings. The first-order chi connectivity index (χ1) is 23.6. The number of hydrogen-bond donors (Lipinski definition) is 0. The van der Waals surface area contributed by atoms with Crippen molar-refractivity contribution in [1.29, 1.82) is 0 Å². The molecule has 0 atom stereocenters. The van der Waals surface area contributed by atoms with Crippen LogP contribution < -0.4 is 41.5 Å². The zero-order valence-corrected chi connectivity index (χ0v) is 31.7. The van der Waals surface area contributed by atoms with Gasteiger partial charge in [-0.25, -0.2) is 8.78 Å². The molecule has 1 aromatic heterocycles. The van der Waals surface area contributed by atoms with Gasteiger partial charge in [0.15, 0.2) is 0 Å². The van der Waals surface area contributed by atoms with E-state index in [1.54, 1.807) is 47.9 Å². The molecule has 272 valence electrons. The van der Waals surface area contributed by atoms with E-state index in [-0.39, 0.29) is 40.2 Å². The number of halogens is 3. The highest BCUT2D eigenvalue weighted by atomic mass is 79.9. The van der Waals surface area contributed by atoms with Crippen LogP contribution in [0.1, 0.15) is 70.2 Å². The lowest BCUT2D eigenvalue weighted by Crippen LogP contribution is -3.00. The third kappa shape index (κ3) is 9.63. The van der Waals surface area contributed by atoms with Gasteiger partial charge in [0.1, 0.15) is 34.4 Å². The van der Waals surface area contributed by atoms with Crippen LogP contribution in [0.15, 0.2) is 65.6 Å². The predicted molar refractivity (Wildman–Crippen MR) is 192 cm³/mol. The van der Waals surface area contributed by atoms with E-state index >= 15 is 0 Å². The maximum absolute atomic E-state index is 14.1. The fraction of sp³-hybridized carbons (Fsp3) is 0.436. The number of pyridine rings is 1. The van der Waals surface area contributed by atoms with E-state index in [1.807, 2.05) is 0 Å². The number of anilines is 1. The number of aromatic nitrogens is 1. The average Bonchev–Trinajstić information content (AvgIpc) is 3.11. The Labute approximate surface area is 304 Å². The highest BCUT2D eigenvalue weighted by molar-refractivity contribution is 6.07. The molecule has 1 amide bonds. The largest absolute Gasteiger partial charge is 1.00 e. The molecule has 11 heteroatoms. The van der Waals surface area contributed by atoms with E-state index in [2.05, 4.69) is 20.8 Å². The van der Waals surface area contributed by atoms with Crippen molar-refractivity contribution in [2.75, 3.05) is 58.5 Å². The number of rotatable bonds is 18. The van der Waals surface area contributed by atoms with Crippen LogP contribution in [-0.2, 0) is 0 Å².